The van der Waals surface area contributed by atoms with Crippen LogP contribution in [0.4, 0.5) is 0 Å². The zero-order valence-corrected chi connectivity index (χ0v) is 43.6. The average molecular weight is 1080 g/mol. The van der Waals surface area contributed by atoms with Gasteiger partial charge in [0, 0.05) is 42.3 Å². The number of nitrogens with zero attached hydrogens (tertiary/aromatic N) is 4. The summed E-state index contributed by atoms with van der Waals surface area (Å²) in [4.78, 5) is 14.0. The van der Waals surface area contributed by atoms with Crippen molar-refractivity contribution < 1.29 is 24.5 Å². The molecule has 0 unspecified atom stereocenters. The molecular formula is C63H58IrN4O-2. The van der Waals surface area contributed by atoms with Gasteiger partial charge in [-0.15, -0.1) is 54.1 Å². The SMILES string of the molecule is CC(C)(C)c1cc(-c2[c-]cccc2)ncn1.CC(C)c1cc(-c2ccccc2)cc(C(C)C)c1-n1c(-c2[c-]ccc3c2oc2cc4c(ccc5ccc(C(C)(C)C)cc54)cc23)nc2ccccc21.[Ir]. The van der Waals surface area contributed by atoms with Crippen molar-refractivity contribution in [1.82, 2.24) is 19.5 Å². The summed E-state index contributed by atoms with van der Waals surface area (Å²) in [5.41, 5.74) is 15.2. The molecule has 5 nitrogen and oxygen atoms in total. The number of aromatic nitrogens is 4. The summed E-state index contributed by atoms with van der Waals surface area (Å²) in [6.45, 7) is 22.4. The van der Waals surface area contributed by atoms with Crippen LogP contribution in [0.1, 0.15) is 103 Å². The van der Waals surface area contributed by atoms with E-state index in [1.807, 2.05) is 36.4 Å². The fraction of sp³-hybridized carbons (Fsp3) is 0.222. The topological polar surface area (TPSA) is 56.7 Å². The summed E-state index contributed by atoms with van der Waals surface area (Å²) in [6.07, 6.45) is 1.62. The van der Waals surface area contributed by atoms with Crippen molar-refractivity contribution in [3.63, 3.8) is 0 Å². The van der Waals surface area contributed by atoms with Gasteiger partial charge in [-0.25, -0.2) is 4.98 Å². The van der Waals surface area contributed by atoms with Gasteiger partial charge < -0.3 is 8.98 Å². The first-order valence-electron chi connectivity index (χ1n) is 23.9. The average Bonchev–Trinajstić information content (AvgIpc) is 3.91. The molecule has 6 heteroatoms. The maximum absolute atomic E-state index is 6.93. The van der Waals surface area contributed by atoms with Crippen LogP contribution in [0, 0.1) is 12.1 Å². The van der Waals surface area contributed by atoms with E-state index in [0.717, 1.165) is 61.3 Å². The molecule has 0 spiro atoms. The first kappa shape index (κ1) is 47.3. The van der Waals surface area contributed by atoms with Crippen LogP contribution in [0.3, 0.4) is 0 Å². The molecule has 0 aliphatic heterocycles. The minimum absolute atomic E-state index is 0. The van der Waals surface area contributed by atoms with E-state index in [2.05, 4.69) is 211 Å². The van der Waals surface area contributed by atoms with Gasteiger partial charge in [0.2, 0.25) is 0 Å². The normalized spacial score (nSPS) is 12.1. The minimum atomic E-state index is 0. The molecule has 69 heavy (non-hydrogen) atoms. The Hall–Kier alpha value is -6.72. The van der Waals surface area contributed by atoms with Crippen molar-refractivity contribution in [2.45, 2.75) is 91.9 Å². The largest absolute Gasteiger partial charge is 0.501 e. The Balaban J connectivity index is 0.000000296. The third-order valence-electron chi connectivity index (χ3n) is 13.2. The molecule has 11 rings (SSSR count). The number of benzene rings is 8. The second-order valence-corrected chi connectivity index (χ2v) is 20.8. The summed E-state index contributed by atoms with van der Waals surface area (Å²) in [6, 6.07) is 60.7. The van der Waals surface area contributed by atoms with Gasteiger partial charge in [0.25, 0.3) is 0 Å². The van der Waals surface area contributed by atoms with E-state index in [1.54, 1.807) is 6.33 Å². The Morgan fingerprint density at radius 1 is 0.565 bits per heavy atom. The Labute approximate surface area is 420 Å². The van der Waals surface area contributed by atoms with Gasteiger partial charge in [-0.2, -0.15) is 0 Å². The summed E-state index contributed by atoms with van der Waals surface area (Å²) in [5.74, 6) is 1.39. The van der Waals surface area contributed by atoms with Crippen molar-refractivity contribution in [2.75, 3.05) is 0 Å². The molecule has 11 aromatic rings. The Kier molecular flexibility index (Phi) is 12.8. The number of hydrogen-bond acceptors (Lipinski definition) is 4. The Morgan fingerprint density at radius 3 is 1.94 bits per heavy atom. The van der Waals surface area contributed by atoms with Crippen LogP contribution in [0.5, 0.6) is 0 Å². The minimum Gasteiger partial charge on any atom is -0.501 e. The van der Waals surface area contributed by atoms with E-state index in [9.17, 15) is 0 Å². The third kappa shape index (κ3) is 9.05. The number of hydrogen-bond donors (Lipinski definition) is 0. The quantitative estimate of drug-likeness (QED) is 0.123. The van der Waals surface area contributed by atoms with E-state index in [1.165, 1.54) is 55.0 Å². The summed E-state index contributed by atoms with van der Waals surface area (Å²) < 4.78 is 9.31. The number of rotatable bonds is 6. The van der Waals surface area contributed by atoms with Crippen LogP contribution >= 0.6 is 0 Å². The predicted octanol–water partition coefficient (Wildman–Crippen LogP) is 17.1. The fourth-order valence-corrected chi connectivity index (χ4v) is 9.43. The van der Waals surface area contributed by atoms with E-state index < -0.39 is 0 Å². The third-order valence-corrected chi connectivity index (χ3v) is 13.2. The molecule has 3 heterocycles. The Bertz CT molecular complexity index is 3620. The van der Waals surface area contributed by atoms with Crippen LogP contribution in [-0.4, -0.2) is 19.5 Å². The van der Waals surface area contributed by atoms with Crippen molar-refractivity contribution in [1.29, 1.82) is 0 Å². The maximum Gasteiger partial charge on any atom is 0.121 e. The molecule has 0 atom stereocenters. The zero-order chi connectivity index (χ0) is 47.5. The number of imidazole rings is 1. The molecule has 0 saturated carbocycles. The number of furan rings is 1. The molecule has 1 radical (unpaired) electrons. The molecule has 0 N–H and O–H groups in total. The fourth-order valence-electron chi connectivity index (χ4n) is 9.43. The molecule has 8 aromatic carbocycles. The van der Waals surface area contributed by atoms with Gasteiger partial charge in [0.05, 0.1) is 22.4 Å². The Morgan fingerprint density at radius 2 is 1.25 bits per heavy atom. The van der Waals surface area contributed by atoms with Crippen molar-refractivity contribution >= 4 is 54.5 Å². The van der Waals surface area contributed by atoms with Crippen molar-refractivity contribution in [3.8, 4) is 39.5 Å². The molecular weight excluding hydrogens is 1020 g/mol. The van der Waals surface area contributed by atoms with Gasteiger partial charge in [-0.3, -0.25) is 9.97 Å². The standard InChI is InChI=1S/C49H43N2O.C14H15N2.Ir/c1-29(2)38-25-34(31-14-9-8-10-15-31)26-39(30(3)4)46(38)51-44-19-12-11-18-43(44)50-48(51)37-17-13-16-36-42-24-33-21-20-32-22-23-35(49(5,6)7)27-40(32)41(33)28-45(42)52-47(36)37;1-14(2,3)13-9-12(15-10-16-13)11-7-5-4-6-8-11;/h8-16,18-30H,1-7H3;4-7,9-10H,1-3H3;/q2*-1;. The van der Waals surface area contributed by atoms with Crippen molar-refractivity contribution in [2.24, 2.45) is 0 Å². The van der Waals surface area contributed by atoms with E-state index in [4.69, 9.17) is 9.40 Å². The van der Waals surface area contributed by atoms with Gasteiger partial charge in [-0.1, -0.05) is 153 Å². The van der Waals surface area contributed by atoms with Gasteiger partial charge in [-0.05, 0) is 115 Å². The van der Waals surface area contributed by atoms with Gasteiger partial charge in [0.1, 0.15) is 11.9 Å². The summed E-state index contributed by atoms with van der Waals surface area (Å²) >= 11 is 0. The molecule has 0 aliphatic rings. The predicted molar refractivity (Wildman–Crippen MR) is 285 cm³/mol. The first-order chi connectivity index (χ1) is 32.6. The molecule has 0 aliphatic carbocycles. The van der Waals surface area contributed by atoms with Crippen LogP contribution in [0.2, 0.25) is 0 Å². The smallest absolute Gasteiger partial charge is 0.121 e. The monoisotopic (exact) mass is 1080 g/mol. The number of fused-ring (bicyclic) bond motifs is 7. The van der Waals surface area contributed by atoms with Crippen LogP contribution < -0.4 is 0 Å². The van der Waals surface area contributed by atoms with E-state index >= 15 is 0 Å². The number of para-hydroxylation sites is 2. The van der Waals surface area contributed by atoms with Crippen LogP contribution in [0.15, 0.2) is 162 Å². The van der Waals surface area contributed by atoms with Gasteiger partial charge >= 0.3 is 0 Å². The second kappa shape index (κ2) is 18.6. The van der Waals surface area contributed by atoms with E-state index in [-0.39, 0.29) is 42.8 Å². The van der Waals surface area contributed by atoms with Crippen molar-refractivity contribution in [3.05, 3.63) is 193 Å². The molecule has 0 amide bonds. The molecule has 0 fully saturated rings. The maximum atomic E-state index is 6.93. The summed E-state index contributed by atoms with van der Waals surface area (Å²) in [7, 11) is 0. The molecule has 0 saturated heterocycles. The first-order valence-corrected chi connectivity index (χ1v) is 23.9. The van der Waals surface area contributed by atoms with Crippen LogP contribution in [0.25, 0.3) is 94.0 Å². The van der Waals surface area contributed by atoms with Gasteiger partial charge in [0.15, 0.2) is 0 Å². The zero-order valence-electron chi connectivity index (χ0n) is 41.2. The molecule has 3 aromatic heterocycles. The summed E-state index contributed by atoms with van der Waals surface area (Å²) in [5, 5.41) is 7.07. The van der Waals surface area contributed by atoms with E-state index in [0.29, 0.717) is 0 Å². The molecule has 347 valence electrons. The molecule has 0 bridgehead atoms. The second-order valence-electron chi connectivity index (χ2n) is 20.8. The van der Waals surface area contributed by atoms with Crippen LogP contribution in [-0.2, 0) is 30.9 Å².